The summed E-state index contributed by atoms with van der Waals surface area (Å²) in [7, 11) is 1.57. The number of carbonyl (C=O) groups excluding carboxylic acids is 1. The molecule has 1 rings (SSSR count). The zero-order valence-electron chi connectivity index (χ0n) is 10.7. The number of alkyl halides is 1. The summed E-state index contributed by atoms with van der Waals surface area (Å²) in [6.07, 6.45) is 1.12. The number of hydrogen-bond donors (Lipinski definition) is 1. The van der Waals surface area contributed by atoms with Crippen LogP contribution in [0.5, 0.6) is 11.5 Å². The van der Waals surface area contributed by atoms with E-state index in [1.165, 1.54) is 0 Å². The molecule has 0 saturated carbocycles. The van der Waals surface area contributed by atoms with Gasteiger partial charge in [0.15, 0.2) is 0 Å². The van der Waals surface area contributed by atoms with Crippen LogP contribution in [0.25, 0.3) is 0 Å². The number of ether oxygens (including phenoxy) is 2. The lowest BCUT2D eigenvalue weighted by Crippen LogP contribution is -2.27. The Morgan fingerprint density at radius 1 is 1.42 bits per heavy atom. The van der Waals surface area contributed by atoms with E-state index >= 15 is 0 Å². The second kappa shape index (κ2) is 8.88. The Morgan fingerprint density at radius 3 is 2.84 bits per heavy atom. The monoisotopic (exact) mass is 305 g/mol. The molecular formula is C13H17Cl2NO3. The molecule has 1 N–H and O–H groups in total. The van der Waals surface area contributed by atoms with E-state index in [-0.39, 0.29) is 5.91 Å². The van der Waals surface area contributed by atoms with Crippen LogP contribution >= 0.6 is 23.2 Å². The Hall–Kier alpha value is -1.13. The van der Waals surface area contributed by atoms with Crippen LogP contribution in [0, 0.1) is 0 Å². The van der Waals surface area contributed by atoms with Gasteiger partial charge < -0.3 is 14.8 Å². The van der Waals surface area contributed by atoms with Gasteiger partial charge in [-0.2, -0.15) is 0 Å². The van der Waals surface area contributed by atoms with Gasteiger partial charge in [0.1, 0.15) is 18.1 Å². The summed E-state index contributed by atoms with van der Waals surface area (Å²) in [6, 6.07) is 5.17. The Balaban J connectivity index is 2.27. The van der Waals surface area contributed by atoms with Crippen LogP contribution in [0.4, 0.5) is 0 Å². The molecule has 0 radical (unpaired) electrons. The first kappa shape index (κ1) is 15.9. The molecule has 1 amide bonds. The van der Waals surface area contributed by atoms with E-state index < -0.39 is 0 Å². The third-order valence-electron chi connectivity index (χ3n) is 2.36. The Morgan fingerprint density at radius 2 is 2.21 bits per heavy atom. The number of hydrogen-bond acceptors (Lipinski definition) is 3. The zero-order valence-corrected chi connectivity index (χ0v) is 12.3. The van der Waals surface area contributed by atoms with Gasteiger partial charge in [-0.3, -0.25) is 4.79 Å². The second-order valence-corrected chi connectivity index (χ2v) is 4.57. The molecule has 4 nitrogen and oxygen atoms in total. The molecule has 0 fully saturated rings. The van der Waals surface area contributed by atoms with E-state index in [0.29, 0.717) is 48.4 Å². The van der Waals surface area contributed by atoms with Gasteiger partial charge >= 0.3 is 0 Å². The van der Waals surface area contributed by atoms with Crippen LogP contribution < -0.4 is 14.8 Å². The maximum absolute atomic E-state index is 11.3. The molecule has 0 heterocycles. The fraction of sp³-hybridized carbons (Fsp3) is 0.462. The van der Waals surface area contributed by atoms with E-state index in [1.807, 2.05) is 0 Å². The van der Waals surface area contributed by atoms with Crippen LogP contribution in [-0.2, 0) is 4.79 Å². The average molecular weight is 306 g/mol. The van der Waals surface area contributed by atoms with Crippen molar-refractivity contribution < 1.29 is 14.3 Å². The van der Waals surface area contributed by atoms with Gasteiger partial charge in [-0.15, -0.1) is 11.6 Å². The molecule has 1 aromatic rings. The lowest BCUT2D eigenvalue weighted by Gasteiger charge is -2.10. The highest BCUT2D eigenvalue weighted by Crippen LogP contribution is 2.28. The summed E-state index contributed by atoms with van der Waals surface area (Å²) in [5.74, 6) is 1.71. The van der Waals surface area contributed by atoms with Gasteiger partial charge in [0.05, 0.1) is 18.7 Å². The molecule has 0 aliphatic heterocycles. The standard InChI is InChI=1S/C13H17Cl2NO3/c1-18-10-4-5-12(11(15)9-10)19-8-7-16-13(17)3-2-6-14/h4-5,9H,2-3,6-8H2,1H3,(H,16,17). The number of benzene rings is 1. The van der Waals surface area contributed by atoms with Crippen LogP contribution in [0.3, 0.4) is 0 Å². The zero-order chi connectivity index (χ0) is 14.1. The summed E-state index contributed by atoms with van der Waals surface area (Å²) < 4.78 is 10.5. The fourth-order valence-corrected chi connectivity index (χ4v) is 1.75. The first-order valence-electron chi connectivity index (χ1n) is 5.96. The van der Waals surface area contributed by atoms with E-state index in [9.17, 15) is 4.79 Å². The van der Waals surface area contributed by atoms with Crippen LogP contribution in [0.2, 0.25) is 5.02 Å². The lowest BCUT2D eigenvalue weighted by molar-refractivity contribution is -0.121. The van der Waals surface area contributed by atoms with Crippen molar-refractivity contribution >= 4 is 29.1 Å². The minimum atomic E-state index is -0.0231. The van der Waals surface area contributed by atoms with E-state index in [0.717, 1.165) is 0 Å². The number of carbonyl (C=O) groups is 1. The third kappa shape index (κ3) is 6.03. The van der Waals surface area contributed by atoms with E-state index in [2.05, 4.69) is 5.32 Å². The Kier molecular flexibility index (Phi) is 7.45. The van der Waals surface area contributed by atoms with Crippen molar-refractivity contribution in [3.8, 4) is 11.5 Å². The van der Waals surface area contributed by atoms with Crippen molar-refractivity contribution in [1.29, 1.82) is 0 Å². The SMILES string of the molecule is COc1ccc(OCCNC(=O)CCCCl)c(Cl)c1. The summed E-state index contributed by atoms with van der Waals surface area (Å²) in [5.41, 5.74) is 0. The molecular weight excluding hydrogens is 289 g/mol. The molecule has 0 atom stereocenters. The van der Waals surface area contributed by atoms with Crippen molar-refractivity contribution in [2.24, 2.45) is 0 Å². The Labute approximate surface area is 123 Å². The molecule has 1 aromatic carbocycles. The third-order valence-corrected chi connectivity index (χ3v) is 2.92. The highest BCUT2D eigenvalue weighted by Gasteiger charge is 2.04. The van der Waals surface area contributed by atoms with Gasteiger partial charge in [0, 0.05) is 18.4 Å². The number of amides is 1. The summed E-state index contributed by atoms with van der Waals surface area (Å²) in [5, 5.41) is 3.22. The maximum Gasteiger partial charge on any atom is 0.220 e. The van der Waals surface area contributed by atoms with Crippen molar-refractivity contribution in [3.63, 3.8) is 0 Å². The summed E-state index contributed by atoms with van der Waals surface area (Å²) in [6.45, 7) is 0.794. The first-order valence-corrected chi connectivity index (χ1v) is 6.87. The predicted octanol–water partition coefficient (Wildman–Crippen LogP) is 2.86. The van der Waals surface area contributed by atoms with Gasteiger partial charge in [0.25, 0.3) is 0 Å². The predicted molar refractivity (Wildman–Crippen MR) is 76.5 cm³/mol. The van der Waals surface area contributed by atoms with Crippen LogP contribution in [0.1, 0.15) is 12.8 Å². The van der Waals surface area contributed by atoms with Gasteiger partial charge in [0.2, 0.25) is 5.91 Å². The largest absolute Gasteiger partial charge is 0.497 e. The van der Waals surface area contributed by atoms with Crippen molar-refractivity contribution in [2.45, 2.75) is 12.8 Å². The molecule has 6 heteroatoms. The molecule has 106 valence electrons. The van der Waals surface area contributed by atoms with Gasteiger partial charge in [-0.1, -0.05) is 11.6 Å². The minimum Gasteiger partial charge on any atom is -0.497 e. The van der Waals surface area contributed by atoms with Crippen molar-refractivity contribution in [3.05, 3.63) is 23.2 Å². The van der Waals surface area contributed by atoms with Crippen LogP contribution in [0.15, 0.2) is 18.2 Å². The van der Waals surface area contributed by atoms with Crippen molar-refractivity contribution in [2.75, 3.05) is 26.1 Å². The lowest BCUT2D eigenvalue weighted by atomic mass is 10.3. The molecule has 0 saturated heterocycles. The number of methoxy groups -OCH3 is 1. The van der Waals surface area contributed by atoms with E-state index in [1.54, 1.807) is 25.3 Å². The maximum atomic E-state index is 11.3. The highest BCUT2D eigenvalue weighted by molar-refractivity contribution is 6.32. The first-order chi connectivity index (χ1) is 9.17. The molecule has 0 aromatic heterocycles. The van der Waals surface area contributed by atoms with Crippen molar-refractivity contribution in [1.82, 2.24) is 5.32 Å². The fourth-order valence-electron chi connectivity index (χ4n) is 1.39. The minimum absolute atomic E-state index is 0.0231. The number of rotatable bonds is 8. The average Bonchev–Trinajstić information content (AvgIpc) is 2.42. The Bertz CT molecular complexity index is 413. The molecule has 0 unspecified atom stereocenters. The molecule has 0 aliphatic carbocycles. The van der Waals surface area contributed by atoms with Crippen LogP contribution in [-0.4, -0.2) is 32.0 Å². The molecule has 19 heavy (non-hydrogen) atoms. The smallest absolute Gasteiger partial charge is 0.220 e. The molecule has 0 spiro atoms. The highest BCUT2D eigenvalue weighted by atomic mass is 35.5. The normalized spacial score (nSPS) is 10.1. The number of halogens is 2. The van der Waals surface area contributed by atoms with E-state index in [4.69, 9.17) is 32.7 Å². The molecule has 0 bridgehead atoms. The molecule has 0 aliphatic rings. The van der Waals surface area contributed by atoms with Gasteiger partial charge in [-0.25, -0.2) is 0 Å². The topological polar surface area (TPSA) is 47.6 Å². The quantitative estimate of drug-likeness (QED) is 0.593. The van der Waals surface area contributed by atoms with Gasteiger partial charge in [-0.05, 0) is 18.6 Å². The summed E-state index contributed by atoms with van der Waals surface area (Å²) >= 11 is 11.5. The number of nitrogens with one attached hydrogen (secondary N) is 1. The second-order valence-electron chi connectivity index (χ2n) is 3.79. The summed E-state index contributed by atoms with van der Waals surface area (Å²) in [4.78, 5) is 11.3.